The minimum Gasteiger partial charge on any atom is -0.449 e. The number of benzene rings is 1. The van der Waals surface area contributed by atoms with Crippen LogP contribution in [0.2, 0.25) is 5.02 Å². The molecule has 0 bridgehead atoms. The van der Waals surface area contributed by atoms with E-state index >= 15 is 0 Å². The van der Waals surface area contributed by atoms with E-state index in [2.05, 4.69) is 14.7 Å². The summed E-state index contributed by atoms with van der Waals surface area (Å²) < 4.78 is 115. The first-order chi connectivity index (χ1) is 14.2. The molecule has 6 nitrogen and oxygen atoms in total. The Labute approximate surface area is 170 Å². The number of H-pyrrole nitrogens is 1. The molecule has 1 N–H and O–H groups in total. The molecular weight excluding hydrogens is 470 g/mol. The molecule has 1 aromatic carbocycles. The number of ether oxygens (including phenoxy) is 1. The van der Waals surface area contributed by atoms with E-state index in [0.717, 1.165) is 18.4 Å². The van der Waals surface area contributed by atoms with Crippen molar-refractivity contribution >= 4 is 11.6 Å². The summed E-state index contributed by atoms with van der Waals surface area (Å²) in [6.07, 6.45) is -10.3. The van der Waals surface area contributed by atoms with Crippen molar-refractivity contribution in [2.45, 2.75) is 18.3 Å². The number of aromatic amines is 1. The van der Waals surface area contributed by atoms with Crippen LogP contribution in [-0.4, -0.2) is 21.3 Å². The Morgan fingerprint density at radius 3 is 2.26 bits per heavy atom. The summed E-state index contributed by atoms with van der Waals surface area (Å²) in [7, 11) is 0. The Morgan fingerprint density at radius 1 is 1.03 bits per heavy atom. The molecule has 166 valence electrons. The molecule has 0 aliphatic rings. The monoisotopic (exact) mass is 475 g/mol. The average Bonchev–Trinajstić information content (AvgIpc) is 3.17. The molecule has 0 unspecified atom stereocenters. The van der Waals surface area contributed by atoms with Crippen LogP contribution in [0.3, 0.4) is 0 Å². The largest absolute Gasteiger partial charge is 0.459 e. The van der Waals surface area contributed by atoms with E-state index in [1.54, 1.807) is 0 Å². The number of rotatable bonds is 4. The molecule has 0 saturated heterocycles. The fourth-order valence-electron chi connectivity index (χ4n) is 2.26. The third kappa shape index (κ3) is 4.33. The van der Waals surface area contributed by atoms with Crippen LogP contribution in [0.4, 0.5) is 35.1 Å². The highest BCUT2D eigenvalue weighted by Gasteiger charge is 2.62. The van der Waals surface area contributed by atoms with Gasteiger partial charge in [-0.05, 0) is 18.2 Å². The van der Waals surface area contributed by atoms with Crippen LogP contribution in [-0.2, 0) is 12.1 Å². The van der Waals surface area contributed by atoms with Gasteiger partial charge in [0.1, 0.15) is 17.7 Å². The van der Waals surface area contributed by atoms with Gasteiger partial charge in [-0.1, -0.05) is 16.8 Å². The van der Waals surface area contributed by atoms with Crippen LogP contribution in [0.5, 0.6) is 11.5 Å². The third-order valence-electron chi connectivity index (χ3n) is 3.67. The molecule has 2 aromatic heterocycles. The molecule has 0 aliphatic heterocycles. The fraction of sp³-hybridized carbons (Fsp3) is 0.188. The third-order valence-corrected chi connectivity index (χ3v) is 4.00. The Kier molecular flexibility index (Phi) is 5.46. The zero-order valence-corrected chi connectivity index (χ0v) is 15.2. The molecular formula is C16H6ClF8N3O3. The first-order valence-corrected chi connectivity index (χ1v) is 8.14. The van der Waals surface area contributed by atoms with Crippen LogP contribution in [0, 0.1) is 0 Å². The highest BCUT2D eigenvalue weighted by Crippen LogP contribution is 2.46. The van der Waals surface area contributed by atoms with Gasteiger partial charge in [0, 0.05) is 6.07 Å². The van der Waals surface area contributed by atoms with Crippen molar-refractivity contribution in [2.24, 2.45) is 0 Å². The number of hydrogen-bond donors (Lipinski definition) is 1. The second-order valence-corrected chi connectivity index (χ2v) is 6.20. The maximum atomic E-state index is 14.1. The summed E-state index contributed by atoms with van der Waals surface area (Å²) in [5, 5.41) is 2.46. The average molecular weight is 476 g/mol. The number of alkyl halides is 8. The van der Waals surface area contributed by atoms with E-state index in [1.165, 1.54) is 0 Å². The quantitative estimate of drug-likeness (QED) is 0.501. The SMILES string of the molecule is O=c1[nH]c(-c2ccon2)nc(C(F)(F)C(F)(F)F)c1Oc1ccc(Cl)c(C(F)(F)F)c1. The van der Waals surface area contributed by atoms with Gasteiger partial charge in [-0.3, -0.25) is 4.79 Å². The van der Waals surface area contributed by atoms with Gasteiger partial charge in [-0.15, -0.1) is 0 Å². The van der Waals surface area contributed by atoms with Gasteiger partial charge in [0.15, 0.2) is 11.5 Å². The molecule has 0 aliphatic carbocycles. The number of hydrogen-bond acceptors (Lipinski definition) is 5. The first kappa shape index (κ1) is 22.5. The molecule has 31 heavy (non-hydrogen) atoms. The van der Waals surface area contributed by atoms with Gasteiger partial charge in [0.25, 0.3) is 5.56 Å². The Balaban J connectivity index is 2.20. The fourth-order valence-corrected chi connectivity index (χ4v) is 2.49. The lowest BCUT2D eigenvalue weighted by atomic mass is 10.2. The van der Waals surface area contributed by atoms with Gasteiger partial charge in [-0.2, -0.15) is 35.1 Å². The van der Waals surface area contributed by atoms with E-state index in [-0.39, 0.29) is 6.07 Å². The normalized spacial score (nSPS) is 12.8. The van der Waals surface area contributed by atoms with E-state index in [1.807, 2.05) is 4.98 Å². The van der Waals surface area contributed by atoms with Crippen LogP contribution < -0.4 is 10.3 Å². The maximum absolute atomic E-state index is 14.1. The lowest BCUT2D eigenvalue weighted by molar-refractivity contribution is -0.291. The summed E-state index contributed by atoms with van der Waals surface area (Å²) in [4.78, 5) is 17.2. The summed E-state index contributed by atoms with van der Waals surface area (Å²) >= 11 is 5.42. The summed E-state index contributed by atoms with van der Waals surface area (Å²) in [5.74, 6) is -9.10. The van der Waals surface area contributed by atoms with Crippen LogP contribution in [0.25, 0.3) is 11.5 Å². The van der Waals surface area contributed by atoms with Gasteiger partial charge < -0.3 is 14.2 Å². The zero-order valence-electron chi connectivity index (χ0n) is 14.4. The molecule has 0 atom stereocenters. The van der Waals surface area contributed by atoms with Crippen LogP contribution in [0.1, 0.15) is 11.3 Å². The van der Waals surface area contributed by atoms with Gasteiger partial charge in [0.2, 0.25) is 5.75 Å². The lowest BCUT2D eigenvalue weighted by Gasteiger charge is -2.21. The summed E-state index contributed by atoms with van der Waals surface area (Å²) in [6.45, 7) is 0. The smallest absolute Gasteiger partial charge is 0.449 e. The van der Waals surface area contributed by atoms with Crippen LogP contribution in [0.15, 0.2) is 39.8 Å². The van der Waals surface area contributed by atoms with Crippen molar-refractivity contribution < 1.29 is 44.4 Å². The topological polar surface area (TPSA) is 81.0 Å². The van der Waals surface area contributed by atoms with Gasteiger partial charge in [-0.25, -0.2) is 4.98 Å². The van der Waals surface area contributed by atoms with E-state index < -0.39 is 63.1 Å². The van der Waals surface area contributed by atoms with E-state index in [4.69, 9.17) is 16.3 Å². The zero-order chi connectivity index (χ0) is 23.2. The predicted molar refractivity (Wildman–Crippen MR) is 86.8 cm³/mol. The lowest BCUT2D eigenvalue weighted by Crippen LogP contribution is -2.36. The molecule has 15 heteroatoms. The number of aromatic nitrogens is 3. The minimum absolute atomic E-state index is 0.225. The van der Waals surface area contributed by atoms with E-state index in [0.29, 0.717) is 6.07 Å². The van der Waals surface area contributed by atoms with Crippen molar-refractivity contribution in [3.05, 3.63) is 57.2 Å². The maximum Gasteiger partial charge on any atom is 0.459 e. The molecule has 3 rings (SSSR count). The number of halogens is 9. The van der Waals surface area contributed by atoms with Crippen molar-refractivity contribution in [3.63, 3.8) is 0 Å². The highest BCUT2D eigenvalue weighted by atomic mass is 35.5. The Morgan fingerprint density at radius 2 is 1.71 bits per heavy atom. The van der Waals surface area contributed by atoms with Crippen molar-refractivity contribution in [1.82, 2.24) is 15.1 Å². The van der Waals surface area contributed by atoms with E-state index in [9.17, 15) is 39.9 Å². The Hall–Kier alpha value is -3.16. The van der Waals surface area contributed by atoms with Crippen molar-refractivity contribution in [3.8, 4) is 23.0 Å². The standard InChI is InChI=1S/C16H6ClF8N3O3/c17-8-2-1-6(5-7(8)15(20,21)22)31-10-11(14(18,19)16(23,24)25)26-12(27-13(10)29)9-3-4-30-28-9/h1-5H,(H,26,27,29). The number of nitrogens with zero attached hydrogens (tertiary/aromatic N) is 2. The highest BCUT2D eigenvalue weighted by molar-refractivity contribution is 6.31. The molecule has 0 saturated carbocycles. The van der Waals surface area contributed by atoms with Gasteiger partial charge in [0.05, 0.1) is 10.6 Å². The second-order valence-electron chi connectivity index (χ2n) is 5.79. The van der Waals surface area contributed by atoms with Crippen molar-refractivity contribution in [2.75, 3.05) is 0 Å². The Bertz CT molecular complexity index is 1160. The molecule has 0 radical (unpaired) electrons. The predicted octanol–water partition coefficient (Wildman–Crippen LogP) is 5.54. The number of nitrogens with one attached hydrogen (secondary N) is 1. The summed E-state index contributed by atoms with van der Waals surface area (Å²) in [5.41, 5.74) is -5.70. The molecule has 2 heterocycles. The van der Waals surface area contributed by atoms with Crippen LogP contribution >= 0.6 is 11.6 Å². The molecule has 0 amide bonds. The molecule has 0 fully saturated rings. The summed E-state index contributed by atoms with van der Waals surface area (Å²) in [6, 6.07) is 2.62. The van der Waals surface area contributed by atoms with Crippen molar-refractivity contribution in [1.29, 1.82) is 0 Å². The molecule has 3 aromatic rings. The second kappa shape index (κ2) is 7.51. The first-order valence-electron chi connectivity index (χ1n) is 7.76. The van der Waals surface area contributed by atoms with Gasteiger partial charge >= 0.3 is 18.3 Å². The minimum atomic E-state index is -6.22. The molecule has 0 spiro atoms.